The van der Waals surface area contributed by atoms with Gasteiger partial charge in [0.15, 0.2) is 0 Å². The van der Waals surface area contributed by atoms with Gasteiger partial charge in [0.25, 0.3) is 0 Å². The van der Waals surface area contributed by atoms with Crippen molar-refractivity contribution in [3.63, 3.8) is 0 Å². The third kappa shape index (κ3) is 3.62. The highest BCUT2D eigenvalue weighted by atomic mass is 32.1. The summed E-state index contributed by atoms with van der Waals surface area (Å²) in [6, 6.07) is 13.5. The van der Waals surface area contributed by atoms with E-state index in [4.69, 9.17) is 9.15 Å². The number of ether oxygens (including phenoxy) is 1. The van der Waals surface area contributed by atoms with Crippen molar-refractivity contribution >= 4 is 23.0 Å². The number of nitrogens with zero attached hydrogens (tertiary/aromatic N) is 2. The first-order chi connectivity index (χ1) is 11.8. The molecule has 4 nitrogen and oxygen atoms in total. The van der Waals surface area contributed by atoms with E-state index in [1.54, 1.807) is 31.6 Å². The second kappa shape index (κ2) is 7.44. The molecule has 3 aromatic rings. The fourth-order valence-corrected chi connectivity index (χ4v) is 2.88. The number of allylic oxidation sites excluding steroid dienone is 3. The van der Waals surface area contributed by atoms with Crippen LogP contribution in [0.3, 0.4) is 0 Å². The van der Waals surface area contributed by atoms with Crippen LogP contribution in [0.4, 0.5) is 0 Å². The molecule has 3 rings (SSSR count). The Morgan fingerprint density at radius 1 is 1.29 bits per heavy atom. The Morgan fingerprint density at radius 2 is 2.12 bits per heavy atom. The predicted molar refractivity (Wildman–Crippen MR) is 95.4 cm³/mol. The average Bonchev–Trinajstić information content (AvgIpc) is 3.31. The second-order valence-electron chi connectivity index (χ2n) is 4.83. The number of thiazole rings is 1. The molecule has 1 aromatic carbocycles. The van der Waals surface area contributed by atoms with Crippen molar-refractivity contribution in [3.8, 4) is 23.1 Å². The van der Waals surface area contributed by atoms with E-state index in [1.807, 2.05) is 41.8 Å². The van der Waals surface area contributed by atoms with Crippen molar-refractivity contribution in [2.75, 3.05) is 7.11 Å². The molecule has 0 saturated carbocycles. The van der Waals surface area contributed by atoms with E-state index in [-0.39, 0.29) is 0 Å². The smallest absolute Gasteiger partial charge is 0.134 e. The second-order valence-corrected chi connectivity index (χ2v) is 5.69. The van der Waals surface area contributed by atoms with E-state index < -0.39 is 0 Å². The molecule has 0 bridgehead atoms. The molecule has 0 N–H and O–H groups in total. The summed E-state index contributed by atoms with van der Waals surface area (Å²) in [6.45, 7) is 0. The molecule has 0 aliphatic heterocycles. The molecule has 0 aliphatic carbocycles. The molecule has 0 spiro atoms. The highest BCUT2D eigenvalue weighted by Crippen LogP contribution is 2.27. The minimum atomic E-state index is 0.516. The van der Waals surface area contributed by atoms with Gasteiger partial charge in [-0.2, -0.15) is 5.26 Å². The Morgan fingerprint density at radius 3 is 2.79 bits per heavy atom. The summed E-state index contributed by atoms with van der Waals surface area (Å²) < 4.78 is 10.4. The Balaban J connectivity index is 1.81. The van der Waals surface area contributed by atoms with Gasteiger partial charge in [0, 0.05) is 10.9 Å². The lowest BCUT2D eigenvalue weighted by atomic mass is 10.1. The molecule has 0 saturated heterocycles. The van der Waals surface area contributed by atoms with E-state index in [0.29, 0.717) is 10.6 Å². The average molecular weight is 334 g/mol. The van der Waals surface area contributed by atoms with Crippen LogP contribution in [0.15, 0.2) is 64.6 Å². The zero-order valence-corrected chi connectivity index (χ0v) is 13.8. The Kier molecular flexibility index (Phi) is 4.90. The van der Waals surface area contributed by atoms with Gasteiger partial charge in [-0.3, -0.25) is 0 Å². The van der Waals surface area contributed by atoms with Crippen LogP contribution >= 0.6 is 11.3 Å². The highest BCUT2D eigenvalue weighted by molar-refractivity contribution is 7.11. The lowest BCUT2D eigenvalue weighted by Crippen LogP contribution is -1.84. The normalized spacial score (nSPS) is 11.6. The standard InChI is InChI=1S/C19H14N2O2S/c1-22-16-9-7-14(8-10-16)18-13-24-19(21-18)15(12-20)4-2-5-17-6-3-11-23-17/h2-11,13H,1H3/b5-2+,15-4+. The van der Waals surface area contributed by atoms with E-state index in [2.05, 4.69) is 11.1 Å². The Hall–Kier alpha value is -3.10. The summed E-state index contributed by atoms with van der Waals surface area (Å²) in [7, 11) is 1.64. The van der Waals surface area contributed by atoms with Gasteiger partial charge in [-0.25, -0.2) is 4.98 Å². The highest BCUT2D eigenvalue weighted by Gasteiger charge is 2.08. The van der Waals surface area contributed by atoms with Crippen LogP contribution in [-0.4, -0.2) is 12.1 Å². The lowest BCUT2D eigenvalue weighted by Gasteiger charge is -2.00. The van der Waals surface area contributed by atoms with Crippen LogP contribution < -0.4 is 4.74 Å². The molecule has 0 radical (unpaired) electrons. The summed E-state index contributed by atoms with van der Waals surface area (Å²) in [6.07, 6.45) is 6.93. The first-order valence-corrected chi connectivity index (χ1v) is 8.10. The van der Waals surface area contributed by atoms with Gasteiger partial charge < -0.3 is 9.15 Å². The molecule has 118 valence electrons. The monoisotopic (exact) mass is 334 g/mol. The number of rotatable bonds is 5. The SMILES string of the molecule is COc1ccc(-c2csc(/C(C#N)=C/C=C/c3ccco3)n2)cc1. The van der Waals surface area contributed by atoms with Crippen LogP contribution in [0.1, 0.15) is 10.8 Å². The molecule has 24 heavy (non-hydrogen) atoms. The number of furan rings is 1. The van der Waals surface area contributed by atoms with Crippen molar-refractivity contribution in [1.29, 1.82) is 5.26 Å². The van der Waals surface area contributed by atoms with Gasteiger partial charge in [-0.05, 0) is 48.6 Å². The predicted octanol–water partition coefficient (Wildman–Crippen LogP) is 5.03. The van der Waals surface area contributed by atoms with Crippen LogP contribution in [0.25, 0.3) is 22.9 Å². The molecule has 2 aromatic heterocycles. The third-order valence-corrected chi connectivity index (χ3v) is 4.18. The maximum Gasteiger partial charge on any atom is 0.134 e. The van der Waals surface area contributed by atoms with Gasteiger partial charge >= 0.3 is 0 Å². The van der Waals surface area contributed by atoms with Crippen molar-refractivity contribution in [2.24, 2.45) is 0 Å². The molecule has 0 amide bonds. The topological polar surface area (TPSA) is 59.0 Å². The molecule has 2 heterocycles. The van der Waals surface area contributed by atoms with Crippen molar-refractivity contribution in [1.82, 2.24) is 4.98 Å². The summed E-state index contributed by atoms with van der Waals surface area (Å²) in [4.78, 5) is 4.55. The zero-order valence-electron chi connectivity index (χ0n) is 13.0. The lowest BCUT2D eigenvalue weighted by molar-refractivity contribution is 0.415. The quantitative estimate of drug-likeness (QED) is 0.485. The molecule has 0 fully saturated rings. The fraction of sp³-hybridized carbons (Fsp3) is 0.0526. The molecular weight excluding hydrogens is 320 g/mol. The van der Waals surface area contributed by atoms with E-state index in [9.17, 15) is 5.26 Å². The minimum Gasteiger partial charge on any atom is -0.497 e. The molecular formula is C19H14N2O2S. The number of aromatic nitrogens is 1. The number of benzene rings is 1. The molecule has 0 atom stereocenters. The molecule has 0 unspecified atom stereocenters. The van der Waals surface area contributed by atoms with E-state index >= 15 is 0 Å². The van der Waals surface area contributed by atoms with Gasteiger partial charge in [0.2, 0.25) is 0 Å². The summed E-state index contributed by atoms with van der Waals surface area (Å²) in [5.74, 6) is 1.54. The molecule has 5 heteroatoms. The Bertz CT molecular complexity index is 898. The number of hydrogen-bond acceptors (Lipinski definition) is 5. The van der Waals surface area contributed by atoms with Crippen LogP contribution in [0.2, 0.25) is 0 Å². The maximum absolute atomic E-state index is 9.36. The van der Waals surface area contributed by atoms with E-state index in [1.165, 1.54) is 11.3 Å². The van der Waals surface area contributed by atoms with Gasteiger partial charge in [0.1, 0.15) is 22.6 Å². The van der Waals surface area contributed by atoms with Crippen molar-refractivity contribution in [2.45, 2.75) is 0 Å². The Labute approximate surface area is 144 Å². The number of methoxy groups -OCH3 is 1. The number of nitriles is 1. The van der Waals surface area contributed by atoms with Crippen molar-refractivity contribution in [3.05, 3.63) is 71.0 Å². The largest absolute Gasteiger partial charge is 0.497 e. The summed E-state index contributed by atoms with van der Waals surface area (Å²) in [5, 5.41) is 12.0. The minimum absolute atomic E-state index is 0.516. The first kappa shape index (κ1) is 15.8. The van der Waals surface area contributed by atoms with Crippen LogP contribution in [-0.2, 0) is 0 Å². The van der Waals surface area contributed by atoms with Gasteiger partial charge in [0.05, 0.1) is 24.6 Å². The summed E-state index contributed by atoms with van der Waals surface area (Å²) in [5.41, 5.74) is 2.35. The van der Waals surface area contributed by atoms with Crippen molar-refractivity contribution < 1.29 is 9.15 Å². The van der Waals surface area contributed by atoms with Crippen LogP contribution in [0, 0.1) is 11.3 Å². The summed E-state index contributed by atoms with van der Waals surface area (Å²) >= 11 is 1.44. The van der Waals surface area contributed by atoms with Gasteiger partial charge in [-0.1, -0.05) is 6.08 Å². The number of hydrogen-bond donors (Lipinski definition) is 0. The third-order valence-electron chi connectivity index (χ3n) is 3.31. The van der Waals surface area contributed by atoms with Gasteiger partial charge in [-0.15, -0.1) is 11.3 Å². The molecule has 0 aliphatic rings. The maximum atomic E-state index is 9.36. The fourth-order valence-electron chi connectivity index (χ4n) is 2.07. The van der Waals surface area contributed by atoms with Crippen LogP contribution in [0.5, 0.6) is 5.75 Å². The first-order valence-electron chi connectivity index (χ1n) is 7.22. The zero-order chi connectivity index (χ0) is 16.8. The van der Waals surface area contributed by atoms with E-state index in [0.717, 1.165) is 22.8 Å².